The first-order valence-corrected chi connectivity index (χ1v) is 6.38. The van der Waals surface area contributed by atoms with Gasteiger partial charge in [-0.3, -0.25) is 0 Å². The van der Waals surface area contributed by atoms with E-state index in [9.17, 15) is 0 Å². The maximum atomic E-state index is 5.58. The number of nitrogens with zero attached hydrogens (tertiary/aromatic N) is 2. The lowest BCUT2D eigenvalue weighted by atomic mass is 10.1. The Bertz CT molecular complexity index is 521. The van der Waals surface area contributed by atoms with E-state index in [2.05, 4.69) is 29.9 Å². The fourth-order valence-corrected chi connectivity index (χ4v) is 2.21. The van der Waals surface area contributed by atoms with Gasteiger partial charge in [-0.15, -0.1) is 0 Å². The summed E-state index contributed by atoms with van der Waals surface area (Å²) in [5.74, 6) is 1.30. The van der Waals surface area contributed by atoms with Gasteiger partial charge in [0.25, 0.3) is 0 Å². The maximum absolute atomic E-state index is 5.58. The number of nitrogens with two attached hydrogens (primary N) is 1. The van der Waals surface area contributed by atoms with Crippen LogP contribution in [0.25, 0.3) is 11.1 Å². The number of anilines is 1. The Morgan fingerprint density at radius 2 is 2.22 bits per heavy atom. The normalized spacial score (nSPS) is 12.9. The Labute approximate surface area is 108 Å². The van der Waals surface area contributed by atoms with Gasteiger partial charge in [0.1, 0.15) is 5.52 Å². The van der Waals surface area contributed by atoms with Crippen LogP contribution in [0.2, 0.25) is 0 Å². The summed E-state index contributed by atoms with van der Waals surface area (Å²) >= 11 is 0. The van der Waals surface area contributed by atoms with Gasteiger partial charge in [0.15, 0.2) is 11.5 Å². The minimum Gasteiger partial charge on any atom is -0.441 e. The van der Waals surface area contributed by atoms with Crippen LogP contribution in [0.3, 0.4) is 0 Å². The first-order chi connectivity index (χ1) is 8.60. The standard InChI is InChI=1S/C14H21N3O/c1-10(6-7-15)9-17(3)12-4-5-13-14(8-12)18-11(2)16-13/h4-5,8,10H,6-7,9,15H2,1-3H3. The van der Waals surface area contributed by atoms with E-state index in [0.717, 1.165) is 36.3 Å². The van der Waals surface area contributed by atoms with E-state index in [1.165, 1.54) is 0 Å². The largest absolute Gasteiger partial charge is 0.441 e. The molecule has 1 atom stereocenters. The van der Waals surface area contributed by atoms with Gasteiger partial charge in [-0.1, -0.05) is 6.92 Å². The van der Waals surface area contributed by atoms with Gasteiger partial charge < -0.3 is 15.1 Å². The lowest BCUT2D eigenvalue weighted by Gasteiger charge is -2.23. The second-order valence-electron chi connectivity index (χ2n) is 4.95. The predicted octanol–water partition coefficient (Wildman–Crippen LogP) is 2.56. The zero-order valence-corrected chi connectivity index (χ0v) is 11.3. The van der Waals surface area contributed by atoms with E-state index in [-0.39, 0.29) is 0 Å². The molecule has 1 heterocycles. The minimum absolute atomic E-state index is 0.590. The van der Waals surface area contributed by atoms with Gasteiger partial charge in [0, 0.05) is 32.3 Å². The third-order valence-electron chi connectivity index (χ3n) is 3.16. The van der Waals surface area contributed by atoms with E-state index in [0.29, 0.717) is 11.8 Å². The van der Waals surface area contributed by atoms with Crippen molar-refractivity contribution >= 4 is 16.8 Å². The average molecular weight is 247 g/mol. The van der Waals surface area contributed by atoms with Gasteiger partial charge >= 0.3 is 0 Å². The highest BCUT2D eigenvalue weighted by Gasteiger charge is 2.09. The topological polar surface area (TPSA) is 55.3 Å². The van der Waals surface area contributed by atoms with Crippen LogP contribution in [0.5, 0.6) is 0 Å². The Morgan fingerprint density at radius 3 is 2.94 bits per heavy atom. The molecule has 0 saturated heterocycles. The van der Waals surface area contributed by atoms with Crippen molar-refractivity contribution in [2.75, 3.05) is 25.0 Å². The Morgan fingerprint density at radius 1 is 1.44 bits per heavy atom. The molecule has 0 aliphatic heterocycles. The number of benzene rings is 1. The highest BCUT2D eigenvalue weighted by atomic mass is 16.3. The third-order valence-corrected chi connectivity index (χ3v) is 3.16. The molecule has 1 aromatic heterocycles. The SMILES string of the molecule is Cc1nc2ccc(N(C)CC(C)CCN)cc2o1. The fraction of sp³-hybridized carbons (Fsp3) is 0.500. The molecule has 4 nitrogen and oxygen atoms in total. The number of aryl methyl sites for hydroxylation is 1. The molecular formula is C14H21N3O. The maximum Gasteiger partial charge on any atom is 0.192 e. The summed E-state index contributed by atoms with van der Waals surface area (Å²) in [5.41, 5.74) is 8.50. The van der Waals surface area contributed by atoms with Gasteiger partial charge in [0.2, 0.25) is 0 Å². The summed E-state index contributed by atoms with van der Waals surface area (Å²) in [6.45, 7) is 5.83. The van der Waals surface area contributed by atoms with Crippen molar-refractivity contribution in [3.05, 3.63) is 24.1 Å². The zero-order valence-electron chi connectivity index (χ0n) is 11.3. The third kappa shape index (κ3) is 2.82. The van der Waals surface area contributed by atoms with Crippen molar-refractivity contribution in [2.24, 2.45) is 11.7 Å². The molecule has 0 fully saturated rings. The van der Waals surface area contributed by atoms with Crippen LogP contribution in [-0.2, 0) is 0 Å². The van der Waals surface area contributed by atoms with E-state index in [1.54, 1.807) is 0 Å². The van der Waals surface area contributed by atoms with Crippen LogP contribution in [0.1, 0.15) is 19.2 Å². The molecule has 0 radical (unpaired) electrons. The Hall–Kier alpha value is -1.55. The number of hydrogen-bond acceptors (Lipinski definition) is 4. The molecule has 0 aliphatic carbocycles. The molecule has 0 spiro atoms. The smallest absolute Gasteiger partial charge is 0.192 e. The van der Waals surface area contributed by atoms with Gasteiger partial charge in [-0.25, -0.2) is 4.98 Å². The van der Waals surface area contributed by atoms with E-state index < -0.39 is 0 Å². The Kier molecular flexibility index (Phi) is 3.87. The summed E-state index contributed by atoms with van der Waals surface area (Å²) < 4.78 is 5.55. The second-order valence-corrected chi connectivity index (χ2v) is 4.95. The van der Waals surface area contributed by atoms with Crippen molar-refractivity contribution in [1.82, 2.24) is 4.98 Å². The van der Waals surface area contributed by atoms with Crippen LogP contribution < -0.4 is 10.6 Å². The number of hydrogen-bond donors (Lipinski definition) is 1. The van der Waals surface area contributed by atoms with Crippen LogP contribution in [0.15, 0.2) is 22.6 Å². The molecule has 2 N–H and O–H groups in total. The lowest BCUT2D eigenvalue weighted by molar-refractivity contribution is 0.539. The lowest BCUT2D eigenvalue weighted by Crippen LogP contribution is -2.25. The molecule has 4 heteroatoms. The van der Waals surface area contributed by atoms with E-state index in [4.69, 9.17) is 10.2 Å². The summed E-state index contributed by atoms with van der Waals surface area (Å²) in [7, 11) is 2.09. The highest BCUT2D eigenvalue weighted by Crippen LogP contribution is 2.22. The molecule has 0 bridgehead atoms. The molecular weight excluding hydrogens is 226 g/mol. The number of fused-ring (bicyclic) bond motifs is 1. The Balaban J connectivity index is 2.14. The average Bonchev–Trinajstić information content (AvgIpc) is 2.68. The molecule has 0 aliphatic rings. The quantitative estimate of drug-likeness (QED) is 0.882. The second kappa shape index (κ2) is 5.40. The van der Waals surface area contributed by atoms with Gasteiger partial charge in [-0.2, -0.15) is 0 Å². The molecule has 1 aromatic carbocycles. The van der Waals surface area contributed by atoms with E-state index >= 15 is 0 Å². The fourth-order valence-electron chi connectivity index (χ4n) is 2.21. The monoisotopic (exact) mass is 247 g/mol. The van der Waals surface area contributed by atoms with Crippen molar-refractivity contribution in [3.8, 4) is 0 Å². The molecule has 2 rings (SSSR count). The minimum atomic E-state index is 0.590. The summed E-state index contributed by atoms with van der Waals surface area (Å²) in [4.78, 5) is 6.54. The van der Waals surface area contributed by atoms with Gasteiger partial charge in [-0.05, 0) is 31.0 Å². The van der Waals surface area contributed by atoms with Crippen LogP contribution in [-0.4, -0.2) is 25.1 Å². The molecule has 1 unspecified atom stereocenters. The van der Waals surface area contributed by atoms with Crippen molar-refractivity contribution in [2.45, 2.75) is 20.3 Å². The van der Waals surface area contributed by atoms with Crippen molar-refractivity contribution < 1.29 is 4.42 Å². The highest BCUT2D eigenvalue weighted by molar-refractivity contribution is 5.77. The first kappa shape index (κ1) is 12.9. The molecule has 0 saturated carbocycles. The molecule has 2 aromatic rings. The van der Waals surface area contributed by atoms with Crippen LogP contribution >= 0.6 is 0 Å². The first-order valence-electron chi connectivity index (χ1n) is 6.38. The number of oxazole rings is 1. The summed E-state index contributed by atoms with van der Waals surface area (Å²) in [6.07, 6.45) is 1.05. The summed E-state index contributed by atoms with van der Waals surface area (Å²) in [5, 5.41) is 0. The predicted molar refractivity (Wildman–Crippen MR) is 74.9 cm³/mol. The molecule has 18 heavy (non-hydrogen) atoms. The van der Waals surface area contributed by atoms with Crippen LogP contribution in [0.4, 0.5) is 5.69 Å². The zero-order chi connectivity index (χ0) is 13.1. The van der Waals surface area contributed by atoms with Crippen molar-refractivity contribution in [3.63, 3.8) is 0 Å². The summed E-state index contributed by atoms with van der Waals surface area (Å²) in [6, 6.07) is 6.13. The molecule has 0 amide bonds. The van der Waals surface area contributed by atoms with Crippen molar-refractivity contribution in [1.29, 1.82) is 0 Å². The number of aromatic nitrogens is 1. The van der Waals surface area contributed by atoms with E-state index in [1.807, 2.05) is 19.1 Å². The van der Waals surface area contributed by atoms with Crippen LogP contribution in [0, 0.1) is 12.8 Å². The van der Waals surface area contributed by atoms with Gasteiger partial charge in [0.05, 0.1) is 0 Å². The number of rotatable bonds is 5. The molecule has 98 valence electrons.